The summed E-state index contributed by atoms with van der Waals surface area (Å²) in [6.45, 7) is 2.47. The molecule has 0 radical (unpaired) electrons. The molecule has 0 saturated heterocycles. The lowest BCUT2D eigenvalue weighted by Crippen LogP contribution is -2.46. The third kappa shape index (κ3) is 3.69. The fourth-order valence-corrected chi connectivity index (χ4v) is 4.99. The van der Waals surface area contributed by atoms with Crippen LogP contribution in [0.25, 0.3) is 11.3 Å². The molecule has 6 nitrogen and oxygen atoms in total. The number of aromatic nitrogens is 1. The summed E-state index contributed by atoms with van der Waals surface area (Å²) in [7, 11) is 1.87. The Morgan fingerprint density at radius 3 is 2.61 bits per heavy atom. The fourth-order valence-electron chi connectivity index (χ4n) is 4.99. The third-order valence-corrected chi connectivity index (χ3v) is 6.85. The van der Waals surface area contributed by atoms with Crippen molar-refractivity contribution in [3.05, 3.63) is 81.6 Å². The number of rotatable bonds is 6. The van der Waals surface area contributed by atoms with Gasteiger partial charge >= 0.3 is 5.97 Å². The number of nitrogens with one attached hydrogen (secondary N) is 1. The van der Waals surface area contributed by atoms with E-state index in [0.29, 0.717) is 6.61 Å². The fraction of sp³-hybridized carbons (Fsp3) is 0.333. The van der Waals surface area contributed by atoms with Crippen LogP contribution in [0.1, 0.15) is 47.7 Å². The van der Waals surface area contributed by atoms with Crippen molar-refractivity contribution in [2.24, 2.45) is 0 Å². The summed E-state index contributed by atoms with van der Waals surface area (Å²) in [4.78, 5) is 25.2. The number of nitrogens with zero attached hydrogens (tertiary/aromatic N) is 1. The lowest BCUT2D eigenvalue weighted by molar-refractivity contribution is 0.0521. The van der Waals surface area contributed by atoms with Crippen molar-refractivity contribution < 1.29 is 14.3 Å². The molecule has 1 aliphatic carbocycles. The lowest BCUT2D eigenvalue weighted by Gasteiger charge is -2.49. The summed E-state index contributed by atoms with van der Waals surface area (Å²) in [5.41, 5.74) is 4.66. The average molecular weight is 445 g/mol. The summed E-state index contributed by atoms with van der Waals surface area (Å²) in [6, 6.07) is 15.8. The maximum absolute atomic E-state index is 12.9. The molecular weight excluding hydrogens is 416 g/mol. The van der Waals surface area contributed by atoms with Crippen molar-refractivity contribution in [1.82, 2.24) is 4.57 Å². The summed E-state index contributed by atoms with van der Waals surface area (Å²) < 4.78 is 13.5. The number of benzene rings is 2. The standard InChI is InChI=1S/C27H28N2O4/c1-3-32-26(31)21-16-29-23(14-24(21)30)20-13-22(28-2)25(33-17-18-8-5-4-6-9-18)12-19(20)15-27(29)10-7-11-27/h4-6,8-9,12-14,16,28H,3,7,10-11,15,17H2,1-2H3. The molecule has 5 rings (SSSR count). The Morgan fingerprint density at radius 1 is 1.15 bits per heavy atom. The molecule has 2 aliphatic rings. The molecule has 1 aromatic heterocycles. The van der Waals surface area contributed by atoms with Crippen LogP contribution in [-0.2, 0) is 23.3 Å². The van der Waals surface area contributed by atoms with Gasteiger partial charge in [0.25, 0.3) is 0 Å². The Bertz CT molecular complexity index is 1260. The van der Waals surface area contributed by atoms with Crippen LogP contribution in [0.15, 0.2) is 59.5 Å². The van der Waals surface area contributed by atoms with E-state index in [-0.39, 0.29) is 23.1 Å². The number of carbonyl (C=O) groups is 1. The molecule has 1 spiro atoms. The third-order valence-electron chi connectivity index (χ3n) is 6.85. The molecule has 2 heterocycles. The van der Waals surface area contributed by atoms with Crippen molar-refractivity contribution >= 4 is 11.7 Å². The second-order valence-corrected chi connectivity index (χ2v) is 8.81. The zero-order chi connectivity index (χ0) is 23.0. The molecule has 1 aliphatic heterocycles. The maximum Gasteiger partial charge on any atom is 0.343 e. The molecule has 6 heteroatoms. The number of anilines is 1. The summed E-state index contributed by atoms with van der Waals surface area (Å²) in [6.07, 6.45) is 5.71. The first-order valence-electron chi connectivity index (χ1n) is 11.5. The minimum Gasteiger partial charge on any atom is -0.487 e. The van der Waals surface area contributed by atoms with Crippen LogP contribution in [0.5, 0.6) is 5.75 Å². The number of pyridine rings is 1. The number of hydrogen-bond acceptors (Lipinski definition) is 5. The number of fused-ring (bicyclic) bond motifs is 4. The van der Waals surface area contributed by atoms with Crippen LogP contribution < -0.4 is 15.5 Å². The Hall–Kier alpha value is -3.54. The van der Waals surface area contributed by atoms with E-state index in [0.717, 1.165) is 53.9 Å². The van der Waals surface area contributed by atoms with E-state index in [1.54, 1.807) is 19.2 Å². The highest BCUT2D eigenvalue weighted by molar-refractivity contribution is 5.89. The summed E-state index contributed by atoms with van der Waals surface area (Å²) in [5, 5.41) is 3.24. The normalized spacial score (nSPS) is 15.2. The smallest absolute Gasteiger partial charge is 0.343 e. The van der Waals surface area contributed by atoms with E-state index in [4.69, 9.17) is 9.47 Å². The van der Waals surface area contributed by atoms with Gasteiger partial charge in [-0.2, -0.15) is 0 Å². The van der Waals surface area contributed by atoms with E-state index in [1.807, 2.05) is 37.4 Å². The van der Waals surface area contributed by atoms with E-state index >= 15 is 0 Å². The molecule has 170 valence electrons. The number of carbonyl (C=O) groups excluding carboxylic acids is 1. The Labute approximate surface area is 193 Å². The Kier molecular flexibility index (Phi) is 5.44. The Morgan fingerprint density at radius 2 is 1.94 bits per heavy atom. The monoisotopic (exact) mass is 444 g/mol. The van der Waals surface area contributed by atoms with Crippen molar-refractivity contribution in [3.63, 3.8) is 0 Å². The van der Waals surface area contributed by atoms with Crippen LogP contribution in [0.3, 0.4) is 0 Å². The highest BCUT2D eigenvalue weighted by atomic mass is 16.5. The van der Waals surface area contributed by atoms with Gasteiger partial charge in [0.1, 0.15) is 17.9 Å². The second kappa shape index (κ2) is 8.43. The predicted molar refractivity (Wildman–Crippen MR) is 128 cm³/mol. The highest BCUT2D eigenvalue weighted by Gasteiger charge is 2.43. The zero-order valence-electron chi connectivity index (χ0n) is 19.0. The minimum absolute atomic E-state index is 0.104. The molecule has 0 unspecified atom stereocenters. The van der Waals surface area contributed by atoms with Crippen LogP contribution in [0, 0.1) is 0 Å². The molecule has 0 bridgehead atoms. The van der Waals surface area contributed by atoms with Gasteiger partial charge in [-0.05, 0) is 55.9 Å². The van der Waals surface area contributed by atoms with Gasteiger partial charge in [0, 0.05) is 30.4 Å². The predicted octanol–water partition coefficient (Wildman–Crippen LogP) is 4.75. The van der Waals surface area contributed by atoms with Crippen LogP contribution in [-0.4, -0.2) is 24.2 Å². The summed E-state index contributed by atoms with van der Waals surface area (Å²) in [5.74, 6) is 0.243. The number of hydrogen-bond donors (Lipinski definition) is 1. The van der Waals surface area contributed by atoms with E-state index in [2.05, 4.69) is 22.0 Å². The first kappa shape index (κ1) is 21.3. The number of esters is 1. The van der Waals surface area contributed by atoms with Gasteiger partial charge in [-0.3, -0.25) is 4.79 Å². The minimum atomic E-state index is -0.557. The van der Waals surface area contributed by atoms with Gasteiger partial charge in [0.15, 0.2) is 5.43 Å². The largest absolute Gasteiger partial charge is 0.487 e. The number of ether oxygens (including phenoxy) is 2. The molecule has 0 atom stereocenters. The molecule has 0 amide bonds. The van der Waals surface area contributed by atoms with Crippen LogP contribution in [0.2, 0.25) is 0 Å². The molecule has 33 heavy (non-hydrogen) atoms. The topological polar surface area (TPSA) is 69.6 Å². The highest BCUT2D eigenvalue weighted by Crippen LogP contribution is 2.50. The van der Waals surface area contributed by atoms with Crippen LogP contribution in [0.4, 0.5) is 5.69 Å². The first-order chi connectivity index (χ1) is 16.0. The van der Waals surface area contributed by atoms with Crippen molar-refractivity contribution in [3.8, 4) is 17.0 Å². The van der Waals surface area contributed by atoms with Gasteiger partial charge in [-0.25, -0.2) is 4.79 Å². The average Bonchev–Trinajstić information content (AvgIpc) is 2.81. The molecule has 1 fully saturated rings. The van der Waals surface area contributed by atoms with E-state index in [9.17, 15) is 9.59 Å². The SMILES string of the molecule is CCOC(=O)c1cn2c(cc1=O)-c1cc(NC)c(OCc3ccccc3)cc1CC21CCC1. The Balaban J connectivity index is 1.58. The second-order valence-electron chi connectivity index (χ2n) is 8.81. The quantitative estimate of drug-likeness (QED) is 0.556. The molecule has 1 saturated carbocycles. The summed E-state index contributed by atoms with van der Waals surface area (Å²) >= 11 is 0. The van der Waals surface area contributed by atoms with Gasteiger partial charge in [0.05, 0.1) is 18.0 Å². The van der Waals surface area contributed by atoms with Gasteiger partial charge < -0.3 is 19.4 Å². The van der Waals surface area contributed by atoms with Gasteiger partial charge in [-0.15, -0.1) is 0 Å². The molecule has 1 N–H and O–H groups in total. The maximum atomic E-state index is 12.9. The van der Waals surface area contributed by atoms with Gasteiger partial charge in [-0.1, -0.05) is 30.3 Å². The van der Waals surface area contributed by atoms with Gasteiger partial charge in [0.2, 0.25) is 0 Å². The zero-order valence-corrected chi connectivity index (χ0v) is 19.0. The van der Waals surface area contributed by atoms with E-state index in [1.165, 1.54) is 5.56 Å². The first-order valence-corrected chi connectivity index (χ1v) is 11.5. The van der Waals surface area contributed by atoms with E-state index < -0.39 is 5.97 Å². The van der Waals surface area contributed by atoms with Crippen molar-refractivity contribution in [2.75, 3.05) is 19.0 Å². The molecule has 2 aromatic carbocycles. The molecular formula is C27H28N2O4. The van der Waals surface area contributed by atoms with Crippen LogP contribution >= 0.6 is 0 Å². The van der Waals surface area contributed by atoms with Crippen molar-refractivity contribution in [2.45, 2.75) is 44.8 Å². The molecule has 3 aromatic rings. The lowest BCUT2D eigenvalue weighted by atomic mass is 9.69. The van der Waals surface area contributed by atoms with Crippen molar-refractivity contribution in [1.29, 1.82) is 0 Å².